The first kappa shape index (κ1) is 29.2. The fraction of sp³-hybridized carbons (Fsp3) is 0.393. The lowest BCUT2D eigenvalue weighted by molar-refractivity contribution is -0.143. The van der Waals surface area contributed by atoms with E-state index in [9.17, 15) is 19.2 Å². The molecule has 0 aliphatic heterocycles. The molecule has 1 aromatic heterocycles. The van der Waals surface area contributed by atoms with Crippen molar-refractivity contribution >= 4 is 17.6 Å². The van der Waals surface area contributed by atoms with Crippen LogP contribution in [0.1, 0.15) is 50.8 Å². The van der Waals surface area contributed by atoms with Crippen molar-refractivity contribution in [2.75, 3.05) is 6.61 Å². The molecule has 3 aromatic rings. The van der Waals surface area contributed by atoms with Gasteiger partial charge in [0.15, 0.2) is 0 Å². The standard InChI is InChI=1S/C28H34N4O7/c1-6-37-25(34)13-14-31-27(35)30-26(32(28(31)36)16-21-9-7-19(4)8-10-21)29-23-11-12-24(39-18(2)3)22(15-23)17-38-20(5)33/h7-12,15,18H,6,13-14,16-17H2,1-5H3,(H,29,30,35). The first-order valence-corrected chi connectivity index (χ1v) is 12.7. The summed E-state index contributed by atoms with van der Waals surface area (Å²) in [4.78, 5) is 56.9. The number of nitrogens with one attached hydrogen (secondary N) is 1. The third kappa shape index (κ3) is 8.29. The third-order valence-corrected chi connectivity index (χ3v) is 5.56. The molecule has 2 aromatic carbocycles. The molecule has 0 amide bonds. The number of rotatable bonds is 11. The number of benzene rings is 2. The van der Waals surface area contributed by atoms with Gasteiger partial charge in [0.25, 0.3) is 0 Å². The lowest BCUT2D eigenvalue weighted by atomic mass is 10.1. The summed E-state index contributed by atoms with van der Waals surface area (Å²) in [5, 5.41) is 0. The predicted octanol–water partition coefficient (Wildman–Crippen LogP) is 2.73. The van der Waals surface area contributed by atoms with Gasteiger partial charge in [0, 0.05) is 19.0 Å². The lowest BCUT2D eigenvalue weighted by Crippen LogP contribution is -2.50. The number of nitrogens with zero attached hydrogens (tertiary/aromatic N) is 3. The smallest absolute Gasteiger partial charge is 0.335 e. The van der Waals surface area contributed by atoms with Gasteiger partial charge in [-0.2, -0.15) is 0 Å². The van der Waals surface area contributed by atoms with Crippen LogP contribution in [0, 0.1) is 6.92 Å². The zero-order valence-electron chi connectivity index (χ0n) is 22.9. The topological polar surface area (TPSA) is 134 Å². The summed E-state index contributed by atoms with van der Waals surface area (Å²) in [7, 11) is 0. The Balaban J connectivity index is 2.13. The van der Waals surface area contributed by atoms with E-state index < -0.39 is 23.3 Å². The van der Waals surface area contributed by atoms with E-state index in [0.29, 0.717) is 17.0 Å². The number of aromatic amines is 1. The van der Waals surface area contributed by atoms with Crippen LogP contribution in [-0.4, -0.2) is 38.8 Å². The van der Waals surface area contributed by atoms with Crippen LogP contribution in [0.2, 0.25) is 0 Å². The van der Waals surface area contributed by atoms with Gasteiger partial charge in [-0.15, -0.1) is 0 Å². The molecule has 11 heteroatoms. The monoisotopic (exact) mass is 538 g/mol. The molecule has 0 saturated heterocycles. The Morgan fingerprint density at radius 3 is 2.38 bits per heavy atom. The SMILES string of the molecule is CCOC(=O)CCn1c(=O)[nH]/c(=N\c2ccc(OC(C)C)c(COC(C)=O)c2)n(Cc2ccc(C)cc2)c1=O. The molecule has 0 unspecified atom stereocenters. The Bertz CT molecular complexity index is 1500. The maximum atomic E-state index is 13.5. The zero-order chi connectivity index (χ0) is 28.5. The number of aromatic nitrogens is 3. The number of carbonyl (C=O) groups excluding carboxylic acids is 2. The van der Waals surface area contributed by atoms with Crippen molar-refractivity contribution in [3.05, 3.63) is 85.7 Å². The van der Waals surface area contributed by atoms with Crippen molar-refractivity contribution in [3.8, 4) is 5.75 Å². The summed E-state index contributed by atoms with van der Waals surface area (Å²) in [5.74, 6) is -0.424. The highest BCUT2D eigenvalue weighted by molar-refractivity contribution is 5.69. The fourth-order valence-electron chi connectivity index (χ4n) is 3.71. The number of aryl methyl sites for hydroxylation is 1. The molecule has 0 spiro atoms. The summed E-state index contributed by atoms with van der Waals surface area (Å²) in [6, 6.07) is 12.7. The Morgan fingerprint density at radius 2 is 1.74 bits per heavy atom. The minimum absolute atomic E-state index is 0.0222. The Labute approximate surface area is 225 Å². The van der Waals surface area contributed by atoms with Crippen LogP contribution in [0.3, 0.4) is 0 Å². The first-order chi connectivity index (χ1) is 18.6. The Hall–Kier alpha value is -4.41. The van der Waals surface area contributed by atoms with E-state index in [1.54, 1.807) is 25.1 Å². The largest absolute Gasteiger partial charge is 0.491 e. The van der Waals surface area contributed by atoms with Crippen molar-refractivity contribution < 1.29 is 23.8 Å². The first-order valence-electron chi connectivity index (χ1n) is 12.7. The van der Waals surface area contributed by atoms with Crippen LogP contribution in [-0.2, 0) is 38.8 Å². The summed E-state index contributed by atoms with van der Waals surface area (Å²) in [6.07, 6.45) is -0.242. The number of carbonyl (C=O) groups is 2. The van der Waals surface area contributed by atoms with Gasteiger partial charge in [0.05, 0.1) is 31.4 Å². The Morgan fingerprint density at radius 1 is 1.03 bits per heavy atom. The molecule has 1 N–H and O–H groups in total. The molecule has 1 heterocycles. The van der Waals surface area contributed by atoms with Crippen molar-refractivity contribution in [1.29, 1.82) is 0 Å². The van der Waals surface area contributed by atoms with Crippen molar-refractivity contribution in [1.82, 2.24) is 14.1 Å². The fourth-order valence-corrected chi connectivity index (χ4v) is 3.71. The molecule has 0 radical (unpaired) electrons. The molecule has 39 heavy (non-hydrogen) atoms. The molecule has 0 atom stereocenters. The van der Waals surface area contributed by atoms with E-state index in [1.165, 1.54) is 11.5 Å². The van der Waals surface area contributed by atoms with Crippen LogP contribution in [0.25, 0.3) is 0 Å². The third-order valence-electron chi connectivity index (χ3n) is 5.56. The maximum absolute atomic E-state index is 13.5. The van der Waals surface area contributed by atoms with Gasteiger partial charge >= 0.3 is 23.3 Å². The van der Waals surface area contributed by atoms with Crippen molar-refractivity contribution in [3.63, 3.8) is 0 Å². The van der Waals surface area contributed by atoms with Crippen LogP contribution in [0.5, 0.6) is 5.75 Å². The van der Waals surface area contributed by atoms with Crippen LogP contribution < -0.4 is 21.7 Å². The van der Waals surface area contributed by atoms with Gasteiger partial charge in [-0.3, -0.25) is 19.1 Å². The minimum atomic E-state index is -0.705. The van der Waals surface area contributed by atoms with E-state index in [-0.39, 0.29) is 44.4 Å². The highest BCUT2D eigenvalue weighted by Gasteiger charge is 2.13. The van der Waals surface area contributed by atoms with Crippen LogP contribution >= 0.6 is 0 Å². The number of esters is 2. The molecule has 0 aliphatic rings. The van der Waals surface area contributed by atoms with Gasteiger partial charge in [-0.05, 0) is 51.5 Å². The molecule has 0 bridgehead atoms. The molecule has 11 nitrogen and oxygen atoms in total. The number of ether oxygens (including phenoxy) is 3. The maximum Gasteiger partial charge on any atom is 0.335 e. The van der Waals surface area contributed by atoms with Crippen LogP contribution in [0.4, 0.5) is 5.69 Å². The summed E-state index contributed by atoms with van der Waals surface area (Å²) in [5.41, 5.74) is 1.56. The second-order valence-electron chi connectivity index (χ2n) is 9.17. The number of hydrogen-bond donors (Lipinski definition) is 1. The quantitative estimate of drug-likeness (QED) is 0.371. The highest BCUT2D eigenvalue weighted by atomic mass is 16.5. The molecule has 3 rings (SSSR count). The van der Waals surface area contributed by atoms with Gasteiger partial charge < -0.3 is 14.2 Å². The van der Waals surface area contributed by atoms with Gasteiger partial charge in [-0.25, -0.2) is 19.1 Å². The second-order valence-corrected chi connectivity index (χ2v) is 9.17. The molecular formula is C28H34N4O7. The van der Waals surface area contributed by atoms with E-state index in [4.69, 9.17) is 14.2 Å². The summed E-state index contributed by atoms with van der Waals surface area (Å²) in [6.45, 7) is 8.87. The van der Waals surface area contributed by atoms with Crippen molar-refractivity contribution in [2.24, 2.45) is 4.99 Å². The Kier molecular flexibility index (Phi) is 10.0. The highest BCUT2D eigenvalue weighted by Crippen LogP contribution is 2.26. The van der Waals surface area contributed by atoms with Gasteiger partial charge in [0.1, 0.15) is 12.4 Å². The molecule has 208 valence electrons. The average molecular weight is 539 g/mol. The van der Waals surface area contributed by atoms with E-state index in [1.807, 2.05) is 45.0 Å². The zero-order valence-corrected chi connectivity index (χ0v) is 22.9. The van der Waals surface area contributed by atoms with Crippen molar-refractivity contribution in [2.45, 2.75) is 66.8 Å². The van der Waals surface area contributed by atoms with Gasteiger partial charge in [-0.1, -0.05) is 29.8 Å². The van der Waals surface area contributed by atoms with E-state index in [0.717, 1.165) is 15.7 Å². The molecule has 0 saturated carbocycles. The lowest BCUT2D eigenvalue weighted by Gasteiger charge is -2.15. The summed E-state index contributed by atoms with van der Waals surface area (Å²) >= 11 is 0. The second kappa shape index (κ2) is 13.4. The molecular weight excluding hydrogens is 504 g/mol. The minimum Gasteiger partial charge on any atom is -0.491 e. The van der Waals surface area contributed by atoms with Crippen LogP contribution in [0.15, 0.2) is 57.0 Å². The number of hydrogen-bond acceptors (Lipinski definition) is 8. The van der Waals surface area contributed by atoms with E-state index >= 15 is 0 Å². The van der Waals surface area contributed by atoms with E-state index in [2.05, 4.69) is 9.98 Å². The average Bonchev–Trinajstić information content (AvgIpc) is 2.87. The summed E-state index contributed by atoms with van der Waals surface area (Å²) < 4.78 is 18.2. The molecule has 0 fully saturated rings. The number of H-pyrrole nitrogens is 1. The normalized spacial score (nSPS) is 11.5. The van der Waals surface area contributed by atoms with Gasteiger partial charge in [0.2, 0.25) is 5.62 Å². The predicted molar refractivity (Wildman–Crippen MR) is 144 cm³/mol. The molecule has 0 aliphatic carbocycles.